The minimum Gasteiger partial charge on any atom is -0.456 e. The molecule has 8 heteroatoms. The van der Waals surface area contributed by atoms with Gasteiger partial charge in [-0.15, -0.1) is 0 Å². The number of hydrogen-bond donors (Lipinski definition) is 1. The number of rotatable bonds is 3. The molecule has 0 fully saturated rings. The molecule has 1 aromatic rings. The number of nitrogens with two attached hydrogens (primary N) is 1. The van der Waals surface area contributed by atoms with Crippen molar-refractivity contribution in [2.24, 2.45) is 0 Å². The van der Waals surface area contributed by atoms with Crippen LogP contribution in [0.15, 0.2) is 18.2 Å². The molecule has 0 bridgehead atoms. The third-order valence-corrected chi connectivity index (χ3v) is 2.19. The van der Waals surface area contributed by atoms with Gasteiger partial charge in [0.15, 0.2) is 5.75 Å². The van der Waals surface area contributed by atoms with Crippen molar-refractivity contribution in [1.82, 2.24) is 0 Å². The van der Waals surface area contributed by atoms with Crippen molar-refractivity contribution in [2.45, 2.75) is 26.4 Å². The lowest BCUT2D eigenvalue weighted by atomic mass is 10.1. The van der Waals surface area contributed by atoms with Crippen LogP contribution in [0.1, 0.15) is 31.1 Å². The fourth-order valence-corrected chi connectivity index (χ4v) is 1.58. The molecule has 0 aliphatic heterocycles. The molecule has 0 atom stereocenters. The Balaban J connectivity index is 3.18. The van der Waals surface area contributed by atoms with Gasteiger partial charge in [0.1, 0.15) is 11.2 Å². The number of carbonyl (C=O) groups is 1. The predicted molar refractivity (Wildman–Crippen MR) is 66.7 cm³/mol. The Hall–Kier alpha value is -1.83. The summed E-state index contributed by atoms with van der Waals surface area (Å²) in [4.78, 5) is 11.8. The van der Waals surface area contributed by atoms with Gasteiger partial charge in [0.2, 0.25) is 0 Å². The van der Waals surface area contributed by atoms with E-state index in [1.54, 1.807) is 20.8 Å². The Kier molecular flexibility index (Phi) is 4.04. The number of hydrogen-bond acceptors (Lipinski definition) is 6. The minimum absolute atomic E-state index is 0.185. The van der Waals surface area contributed by atoms with E-state index in [9.17, 15) is 17.1 Å². The molecule has 0 spiro atoms. The van der Waals surface area contributed by atoms with E-state index in [-0.39, 0.29) is 11.3 Å². The molecule has 0 saturated heterocycles. The molecule has 0 heterocycles. The topological polar surface area (TPSA) is 95.7 Å². The molecule has 19 heavy (non-hydrogen) atoms. The number of nitrogen functional groups attached to an aromatic ring is 1. The normalized spacial score (nSPS) is 12.0. The number of esters is 1. The van der Waals surface area contributed by atoms with Gasteiger partial charge in [-0.05, 0) is 39.0 Å². The monoisotopic (exact) mass is 291 g/mol. The quantitative estimate of drug-likeness (QED) is 0.518. The lowest BCUT2D eigenvalue weighted by molar-refractivity contribution is 0.00680. The first-order valence-corrected chi connectivity index (χ1v) is 6.56. The van der Waals surface area contributed by atoms with Crippen LogP contribution in [0.2, 0.25) is 0 Å². The molecule has 106 valence electrons. The second-order valence-corrected chi connectivity index (χ2v) is 5.69. The third-order valence-electron chi connectivity index (χ3n) is 1.81. The minimum atomic E-state index is -5.24. The molecule has 6 nitrogen and oxygen atoms in total. The molecular formula is C11H14FNO5S. The lowest BCUT2D eigenvalue weighted by Crippen LogP contribution is -2.24. The number of halogens is 1. The molecule has 1 aromatic carbocycles. The summed E-state index contributed by atoms with van der Waals surface area (Å²) in [7, 11) is -5.24. The van der Waals surface area contributed by atoms with Crippen LogP contribution in [0.4, 0.5) is 9.57 Å². The van der Waals surface area contributed by atoms with Gasteiger partial charge in [0, 0.05) is 5.69 Å². The summed E-state index contributed by atoms with van der Waals surface area (Å²) in [5.41, 5.74) is 4.61. The van der Waals surface area contributed by atoms with Crippen LogP contribution < -0.4 is 9.92 Å². The number of carbonyl (C=O) groups excluding carboxylic acids is 1. The smallest absolute Gasteiger partial charge is 0.456 e. The van der Waals surface area contributed by atoms with Crippen LogP contribution in [0.25, 0.3) is 0 Å². The second kappa shape index (κ2) is 5.04. The molecule has 0 aliphatic carbocycles. The van der Waals surface area contributed by atoms with Crippen LogP contribution in [-0.2, 0) is 15.2 Å². The van der Waals surface area contributed by atoms with Crippen LogP contribution in [0.5, 0.6) is 5.75 Å². The maximum atomic E-state index is 12.5. The maximum Gasteiger partial charge on any atom is 0.488 e. The van der Waals surface area contributed by atoms with Crippen molar-refractivity contribution in [1.29, 1.82) is 0 Å². The van der Waals surface area contributed by atoms with Gasteiger partial charge in [-0.1, -0.05) is 3.89 Å². The zero-order valence-corrected chi connectivity index (χ0v) is 11.5. The Morgan fingerprint density at radius 3 is 2.37 bits per heavy atom. The predicted octanol–water partition coefficient (Wildman–Crippen LogP) is 1.82. The highest BCUT2D eigenvalue weighted by atomic mass is 32.3. The molecule has 1 rings (SSSR count). The standard InChI is InChI=1S/C11H14FNO5S/c1-11(2,3)17-10(14)8-6-7(13)4-5-9(8)18-19(12,15)16/h4-6H,13H2,1-3H3. The zero-order valence-electron chi connectivity index (χ0n) is 10.6. The third kappa shape index (κ3) is 5.12. The van der Waals surface area contributed by atoms with E-state index in [1.165, 1.54) is 6.07 Å². The Bertz CT molecular complexity index is 592. The highest BCUT2D eigenvalue weighted by Crippen LogP contribution is 2.25. The fourth-order valence-electron chi connectivity index (χ4n) is 1.22. The molecule has 2 N–H and O–H groups in total. The molecule has 0 saturated carbocycles. The fraction of sp³-hybridized carbons (Fsp3) is 0.364. The van der Waals surface area contributed by atoms with E-state index in [0.717, 1.165) is 12.1 Å². The van der Waals surface area contributed by atoms with Crippen LogP contribution in [0, 0.1) is 0 Å². The first-order chi connectivity index (χ1) is 8.48. The summed E-state index contributed by atoms with van der Waals surface area (Å²) < 4.78 is 42.6. The van der Waals surface area contributed by atoms with Crippen molar-refractivity contribution in [3.05, 3.63) is 23.8 Å². The van der Waals surface area contributed by atoms with Gasteiger partial charge >= 0.3 is 16.5 Å². The van der Waals surface area contributed by atoms with Gasteiger partial charge in [-0.2, -0.15) is 8.42 Å². The first kappa shape index (κ1) is 15.2. The summed E-state index contributed by atoms with van der Waals surface area (Å²) in [6.45, 7) is 4.89. The zero-order chi connectivity index (χ0) is 14.8. The van der Waals surface area contributed by atoms with Crippen LogP contribution in [0.3, 0.4) is 0 Å². The van der Waals surface area contributed by atoms with E-state index in [4.69, 9.17) is 10.5 Å². The van der Waals surface area contributed by atoms with Gasteiger partial charge in [-0.25, -0.2) is 4.79 Å². The molecule has 0 aliphatic rings. The highest BCUT2D eigenvalue weighted by Gasteiger charge is 2.23. The van der Waals surface area contributed by atoms with Gasteiger partial charge in [-0.3, -0.25) is 0 Å². The SMILES string of the molecule is CC(C)(C)OC(=O)c1cc(N)ccc1OS(=O)(=O)F. The Morgan fingerprint density at radius 2 is 1.89 bits per heavy atom. The lowest BCUT2D eigenvalue weighted by Gasteiger charge is -2.20. The largest absolute Gasteiger partial charge is 0.488 e. The van der Waals surface area contributed by atoms with Gasteiger partial charge < -0.3 is 14.7 Å². The Labute approximate surface area is 110 Å². The first-order valence-electron chi connectivity index (χ1n) is 5.25. The van der Waals surface area contributed by atoms with Crippen molar-refractivity contribution < 1.29 is 26.0 Å². The average Bonchev–Trinajstić information content (AvgIpc) is 2.16. The van der Waals surface area contributed by atoms with Gasteiger partial charge in [0.25, 0.3) is 0 Å². The molecule has 0 amide bonds. The number of anilines is 1. The van der Waals surface area contributed by atoms with Crippen LogP contribution >= 0.6 is 0 Å². The molecular weight excluding hydrogens is 277 g/mol. The molecule has 0 aromatic heterocycles. The van der Waals surface area contributed by atoms with Gasteiger partial charge in [0.05, 0.1) is 0 Å². The maximum absolute atomic E-state index is 12.5. The van der Waals surface area contributed by atoms with E-state index < -0.39 is 27.8 Å². The van der Waals surface area contributed by atoms with E-state index in [2.05, 4.69) is 4.18 Å². The molecule has 0 radical (unpaired) electrons. The van der Waals surface area contributed by atoms with E-state index in [0.29, 0.717) is 0 Å². The highest BCUT2D eigenvalue weighted by molar-refractivity contribution is 7.81. The summed E-state index contributed by atoms with van der Waals surface area (Å²) in [5, 5.41) is 0. The van der Waals surface area contributed by atoms with Crippen LogP contribution in [-0.4, -0.2) is 20.0 Å². The Morgan fingerprint density at radius 1 is 1.32 bits per heavy atom. The number of ether oxygens (including phenoxy) is 1. The summed E-state index contributed by atoms with van der Waals surface area (Å²) in [6.07, 6.45) is 0. The van der Waals surface area contributed by atoms with Crippen molar-refractivity contribution in [2.75, 3.05) is 5.73 Å². The second-order valence-electron chi connectivity index (χ2n) is 4.73. The molecule has 0 unspecified atom stereocenters. The average molecular weight is 291 g/mol. The summed E-state index contributed by atoms with van der Waals surface area (Å²) in [5.74, 6) is -1.34. The van der Waals surface area contributed by atoms with E-state index in [1.807, 2.05) is 0 Å². The van der Waals surface area contributed by atoms with Crippen molar-refractivity contribution in [3.8, 4) is 5.75 Å². The van der Waals surface area contributed by atoms with Crippen molar-refractivity contribution in [3.63, 3.8) is 0 Å². The number of benzene rings is 1. The summed E-state index contributed by atoms with van der Waals surface area (Å²) >= 11 is 0. The van der Waals surface area contributed by atoms with Crippen molar-refractivity contribution >= 4 is 22.2 Å². The van der Waals surface area contributed by atoms with E-state index >= 15 is 0 Å². The summed E-state index contributed by atoms with van der Waals surface area (Å²) in [6, 6.07) is 3.49.